The standard InChI is InChI=1S/C6H11O4P.C5H9N2/c1-3-5-9-11(7,8)10-6-4-2;1-6-3-4-7(2)5-6/h3-4H,1-2,5-6H2,(H,7,8);3-5H,1-2H3/q;+1/p-1. The minimum Gasteiger partial charge on any atom is -0.756 e. The molecule has 0 bridgehead atoms. The Morgan fingerprint density at radius 2 is 1.89 bits per heavy atom. The van der Waals surface area contributed by atoms with E-state index in [1.54, 1.807) is 0 Å². The molecule has 0 spiro atoms. The van der Waals surface area contributed by atoms with Crippen LogP contribution in [0.4, 0.5) is 0 Å². The van der Waals surface area contributed by atoms with Crippen molar-refractivity contribution >= 4 is 7.82 Å². The fourth-order valence-corrected chi connectivity index (χ4v) is 1.55. The van der Waals surface area contributed by atoms with E-state index in [1.165, 1.54) is 12.2 Å². The van der Waals surface area contributed by atoms with Gasteiger partial charge in [0.05, 0.1) is 27.3 Å². The van der Waals surface area contributed by atoms with Gasteiger partial charge in [-0.15, -0.1) is 13.2 Å². The molecule has 0 saturated heterocycles. The smallest absolute Gasteiger partial charge is 0.268 e. The average Bonchev–Trinajstić information content (AvgIpc) is 2.69. The van der Waals surface area contributed by atoms with Crippen LogP contribution in [-0.4, -0.2) is 17.8 Å². The summed E-state index contributed by atoms with van der Waals surface area (Å²) in [6.45, 7) is 6.42. The van der Waals surface area contributed by atoms with Gasteiger partial charge in [0.1, 0.15) is 12.4 Å². The lowest BCUT2D eigenvalue weighted by atomic mass is 10.7. The molecule has 0 aromatic carbocycles. The summed E-state index contributed by atoms with van der Waals surface area (Å²) in [6, 6.07) is 0. The lowest BCUT2D eigenvalue weighted by Crippen LogP contribution is -2.23. The first-order valence-electron chi connectivity index (χ1n) is 5.20. The number of nitrogens with zero attached hydrogens (tertiary/aromatic N) is 2. The summed E-state index contributed by atoms with van der Waals surface area (Å²) >= 11 is 0. The Morgan fingerprint density at radius 3 is 2.11 bits per heavy atom. The number of hydrogen-bond acceptors (Lipinski definition) is 4. The van der Waals surface area contributed by atoms with E-state index >= 15 is 0 Å². The maximum Gasteiger partial charge on any atom is 0.268 e. The first-order chi connectivity index (χ1) is 8.41. The second-order valence-corrected chi connectivity index (χ2v) is 4.77. The zero-order chi connectivity index (χ0) is 14.0. The van der Waals surface area contributed by atoms with Gasteiger partial charge in [-0.05, 0) is 0 Å². The molecule has 1 aromatic rings. The van der Waals surface area contributed by atoms with Gasteiger partial charge in [0.15, 0.2) is 0 Å². The molecule has 0 unspecified atom stereocenters. The van der Waals surface area contributed by atoms with Crippen molar-refractivity contribution < 1.29 is 23.1 Å². The highest BCUT2D eigenvalue weighted by Crippen LogP contribution is 2.37. The Morgan fingerprint density at radius 1 is 1.39 bits per heavy atom. The first kappa shape index (κ1) is 16.8. The Kier molecular flexibility index (Phi) is 8.24. The second kappa shape index (κ2) is 8.83. The molecule has 0 radical (unpaired) electrons. The molecule has 0 fully saturated rings. The van der Waals surface area contributed by atoms with Crippen molar-refractivity contribution in [3.63, 3.8) is 0 Å². The van der Waals surface area contributed by atoms with E-state index < -0.39 is 7.82 Å². The Balaban J connectivity index is 0.000000351. The molecule has 0 aliphatic heterocycles. The molecular formula is C11H19N2O4P. The van der Waals surface area contributed by atoms with Crippen LogP contribution in [0.25, 0.3) is 0 Å². The molecule has 0 aliphatic rings. The fourth-order valence-electron chi connectivity index (χ4n) is 0.900. The summed E-state index contributed by atoms with van der Waals surface area (Å²) in [5, 5.41) is 0. The van der Waals surface area contributed by atoms with E-state index in [9.17, 15) is 9.46 Å². The molecule has 18 heavy (non-hydrogen) atoms. The molecule has 0 N–H and O–H groups in total. The van der Waals surface area contributed by atoms with Crippen molar-refractivity contribution in [3.8, 4) is 0 Å². The highest BCUT2D eigenvalue weighted by Gasteiger charge is 2.05. The highest BCUT2D eigenvalue weighted by atomic mass is 31.2. The minimum absolute atomic E-state index is 0.0715. The summed E-state index contributed by atoms with van der Waals surface area (Å²) in [6.07, 6.45) is 8.64. The number of rotatable bonds is 6. The first-order valence-corrected chi connectivity index (χ1v) is 6.66. The molecule has 7 heteroatoms. The minimum atomic E-state index is -4.12. The Bertz CT molecular complexity index is 384. The van der Waals surface area contributed by atoms with Crippen molar-refractivity contribution in [2.45, 2.75) is 0 Å². The van der Waals surface area contributed by atoms with Gasteiger partial charge in [0, 0.05) is 0 Å². The number of aromatic nitrogens is 2. The van der Waals surface area contributed by atoms with E-state index in [4.69, 9.17) is 0 Å². The monoisotopic (exact) mass is 274 g/mol. The van der Waals surface area contributed by atoms with E-state index in [2.05, 4.69) is 22.2 Å². The molecule has 0 saturated carbocycles. The van der Waals surface area contributed by atoms with Gasteiger partial charge in [-0.1, -0.05) is 12.2 Å². The summed E-state index contributed by atoms with van der Waals surface area (Å²) in [7, 11) is -0.118. The predicted molar refractivity (Wildman–Crippen MR) is 66.5 cm³/mol. The van der Waals surface area contributed by atoms with Crippen LogP contribution >= 0.6 is 7.82 Å². The maximum absolute atomic E-state index is 10.6. The molecule has 1 heterocycles. The summed E-state index contributed by atoms with van der Waals surface area (Å²) in [5.41, 5.74) is 0. The lowest BCUT2D eigenvalue weighted by Gasteiger charge is -2.20. The number of imidazole rings is 1. The number of aryl methyl sites for hydroxylation is 2. The topological polar surface area (TPSA) is 67.4 Å². The Labute approximate surface area is 107 Å². The quantitative estimate of drug-likeness (QED) is 0.435. The van der Waals surface area contributed by atoms with Crippen molar-refractivity contribution in [1.29, 1.82) is 0 Å². The van der Waals surface area contributed by atoms with Crippen LogP contribution in [0.3, 0.4) is 0 Å². The van der Waals surface area contributed by atoms with Gasteiger partial charge in [0.25, 0.3) is 7.82 Å². The van der Waals surface area contributed by atoms with Crippen LogP contribution in [-0.2, 0) is 27.7 Å². The van der Waals surface area contributed by atoms with E-state index in [1.807, 2.05) is 42.0 Å². The lowest BCUT2D eigenvalue weighted by molar-refractivity contribution is -0.670. The fraction of sp³-hybridized carbons (Fsp3) is 0.364. The molecule has 6 nitrogen and oxygen atoms in total. The van der Waals surface area contributed by atoms with Gasteiger partial charge >= 0.3 is 0 Å². The second-order valence-electron chi connectivity index (χ2n) is 3.36. The van der Waals surface area contributed by atoms with Gasteiger partial charge in [0.2, 0.25) is 6.33 Å². The van der Waals surface area contributed by atoms with Crippen molar-refractivity contribution in [2.75, 3.05) is 13.2 Å². The summed E-state index contributed by atoms with van der Waals surface area (Å²) in [5.74, 6) is 0. The third-order valence-corrected chi connectivity index (χ3v) is 2.53. The van der Waals surface area contributed by atoms with Crippen LogP contribution in [0.5, 0.6) is 0 Å². The third kappa shape index (κ3) is 8.90. The van der Waals surface area contributed by atoms with Gasteiger partial charge in [-0.25, -0.2) is 9.13 Å². The summed E-state index contributed by atoms with van der Waals surface area (Å²) < 4.78 is 23.2. The van der Waals surface area contributed by atoms with E-state index in [0.717, 1.165) is 0 Å². The predicted octanol–water partition coefficient (Wildman–Crippen LogP) is 0.710. The van der Waals surface area contributed by atoms with E-state index in [-0.39, 0.29) is 13.2 Å². The largest absolute Gasteiger partial charge is 0.756 e. The van der Waals surface area contributed by atoms with Gasteiger partial charge in [-0.2, -0.15) is 0 Å². The SMILES string of the molecule is C=CCOP(=O)([O-])OCC=C.Cn1cc[n+](C)c1. The molecule has 0 amide bonds. The van der Waals surface area contributed by atoms with Crippen LogP contribution in [0.2, 0.25) is 0 Å². The number of phosphoric ester groups is 1. The maximum atomic E-state index is 10.6. The van der Waals surface area contributed by atoms with Crippen LogP contribution in [0, 0.1) is 0 Å². The average molecular weight is 274 g/mol. The van der Waals surface area contributed by atoms with Crippen LogP contribution in [0.1, 0.15) is 0 Å². The van der Waals surface area contributed by atoms with Crippen molar-refractivity contribution in [1.82, 2.24) is 4.57 Å². The Hall–Kier alpha value is -1.20. The molecule has 0 atom stereocenters. The van der Waals surface area contributed by atoms with Crippen LogP contribution < -0.4 is 9.46 Å². The molecule has 102 valence electrons. The third-order valence-electron chi connectivity index (χ3n) is 1.60. The van der Waals surface area contributed by atoms with Crippen molar-refractivity contribution in [2.24, 2.45) is 14.1 Å². The normalized spacial score (nSPS) is 10.4. The van der Waals surface area contributed by atoms with E-state index in [0.29, 0.717) is 0 Å². The van der Waals surface area contributed by atoms with Gasteiger partial charge in [-0.3, -0.25) is 4.57 Å². The molecular weight excluding hydrogens is 255 g/mol. The zero-order valence-electron chi connectivity index (χ0n) is 10.7. The summed E-state index contributed by atoms with van der Waals surface area (Å²) in [4.78, 5) is 10.6. The molecule has 1 aromatic heterocycles. The number of phosphoric acid groups is 1. The van der Waals surface area contributed by atoms with Crippen LogP contribution in [0.15, 0.2) is 44.0 Å². The van der Waals surface area contributed by atoms with Crippen molar-refractivity contribution in [3.05, 3.63) is 44.0 Å². The number of hydrogen-bond donors (Lipinski definition) is 0. The molecule has 0 aliphatic carbocycles. The highest BCUT2D eigenvalue weighted by molar-refractivity contribution is 7.45. The molecule has 1 rings (SSSR count). The zero-order valence-corrected chi connectivity index (χ0v) is 11.6. The van der Waals surface area contributed by atoms with Gasteiger partial charge < -0.3 is 13.9 Å².